The fourth-order valence-electron chi connectivity index (χ4n) is 4.18. The summed E-state index contributed by atoms with van der Waals surface area (Å²) in [6.07, 6.45) is 0.717. The normalized spacial score (nSPS) is 17.5. The zero-order chi connectivity index (χ0) is 23.8. The van der Waals surface area contributed by atoms with Crippen LogP contribution in [0.5, 0.6) is 17.2 Å². The standard InChI is InChI=1S/C25H32N2O6/c1-30-12-6-11-26-24(28)22-16-27(25(29)17-7-5-8-18(13-17)31-2)15-21(22)20-14-19(32-3)9-10-23(20)33-4/h5,7-10,13-14,21-22H,6,11-12,15-16H2,1-4H3,(H,26,28). The number of hydrogen-bond acceptors (Lipinski definition) is 6. The molecule has 0 spiro atoms. The van der Waals surface area contributed by atoms with E-state index in [2.05, 4.69) is 5.32 Å². The molecule has 0 aliphatic carbocycles. The predicted octanol–water partition coefficient (Wildman–Crippen LogP) is 2.72. The number of nitrogens with zero attached hydrogens (tertiary/aromatic N) is 1. The molecule has 8 heteroatoms. The van der Waals surface area contributed by atoms with Crippen LogP contribution in [0.15, 0.2) is 42.5 Å². The Balaban J connectivity index is 1.89. The molecule has 8 nitrogen and oxygen atoms in total. The van der Waals surface area contributed by atoms with Gasteiger partial charge in [-0.3, -0.25) is 9.59 Å². The Kier molecular flexibility index (Phi) is 8.54. The number of likely N-dealkylation sites (tertiary alicyclic amines) is 1. The Bertz CT molecular complexity index is 964. The molecule has 33 heavy (non-hydrogen) atoms. The molecule has 2 aromatic rings. The average Bonchev–Trinajstić information content (AvgIpc) is 3.31. The molecule has 3 rings (SSSR count). The molecular formula is C25H32N2O6. The minimum absolute atomic E-state index is 0.0954. The number of hydrogen-bond donors (Lipinski definition) is 1. The fraction of sp³-hybridized carbons (Fsp3) is 0.440. The first-order valence-corrected chi connectivity index (χ1v) is 10.9. The second-order valence-corrected chi connectivity index (χ2v) is 7.90. The molecule has 0 radical (unpaired) electrons. The summed E-state index contributed by atoms with van der Waals surface area (Å²) in [6.45, 7) is 1.76. The van der Waals surface area contributed by atoms with Crippen molar-refractivity contribution in [3.8, 4) is 17.2 Å². The molecule has 0 bridgehead atoms. The Labute approximate surface area is 194 Å². The first-order valence-electron chi connectivity index (χ1n) is 10.9. The van der Waals surface area contributed by atoms with Gasteiger partial charge in [0, 0.05) is 50.4 Å². The van der Waals surface area contributed by atoms with E-state index in [1.807, 2.05) is 18.2 Å². The molecule has 1 fully saturated rings. The summed E-state index contributed by atoms with van der Waals surface area (Å²) in [6, 6.07) is 12.6. The van der Waals surface area contributed by atoms with Crippen LogP contribution in [-0.4, -0.2) is 71.4 Å². The van der Waals surface area contributed by atoms with E-state index < -0.39 is 5.92 Å². The van der Waals surface area contributed by atoms with Gasteiger partial charge in [0.25, 0.3) is 5.91 Å². The second kappa shape index (κ2) is 11.6. The van der Waals surface area contributed by atoms with E-state index in [1.54, 1.807) is 57.6 Å². The van der Waals surface area contributed by atoms with Gasteiger partial charge in [0.05, 0.1) is 27.2 Å². The van der Waals surface area contributed by atoms with Crippen LogP contribution in [0.1, 0.15) is 28.3 Å². The first-order chi connectivity index (χ1) is 16.0. The zero-order valence-electron chi connectivity index (χ0n) is 19.6. The van der Waals surface area contributed by atoms with Crippen molar-refractivity contribution in [3.05, 3.63) is 53.6 Å². The summed E-state index contributed by atoms with van der Waals surface area (Å²) in [4.78, 5) is 28.2. The summed E-state index contributed by atoms with van der Waals surface area (Å²) in [5, 5.41) is 2.99. The van der Waals surface area contributed by atoms with Crippen LogP contribution >= 0.6 is 0 Å². The van der Waals surface area contributed by atoms with Gasteiger partial charge in [-0.1, -0.05) is 6.07 Å². The largest absolute Gasteiger partial charge is 0.497 e. The molecule has 1 N–H and O–H groups in total. The van der Waals surface area contributed by atoms with Gasteiger partial charge in [-0.25, -0.2) is 0 Å². The van der Waals surface area contributed by atoms with Crippen LogP contribution in [-0.2, 0) is 9.53 Å². The number of amides is 2. The van der Waals surface area contributed by atoms with Crippen molar-refractivity contribution in [3.63, 3.8) is 0 Å². The van der Waals surface area contributed by atoms with E-state index >= 15 is 0 Å². The third-order valence-corrected chi connectivity index (χ3v) is 5.92. The topological polar surface area (TPSA) is 86.3 Å². The van der Waals surface area contributed by atoms with Gasteiger partial charge in [0.15, 0.2) is 0 Å². The lowest BCUT2D eigenvalue weighted by molar-refractivity contribution is -0.125. The van der Waals surface area contributed by atoms with E-state index in [9.17, 15) is 9.59 Å². The quantitative estimate of drug-likeness (QED) is 0.554. The molecular weight excluding hydrogens is 424 g/mol. The molecule has 2 unspecified atom stereocenters. The van der Waals surface area contributed by atoms with E-state index in [1.165, 1.54) is 0 Å². The number of ether oxygens (including phenoxy) is 4. The number of carbonyl (C=O) groups is 2. The molecule has 2 atom stereocenters. The number of benzene rings is 2. The highest BCUT2D eigenvalue weighted by molar-refractivity contribution is 5.95. The fourth-order valence-corrected chi connectivity index (χ4v) is 4.18. The molecule has 178 valence electrons. The van der Waals surface area contributed by atoms with Crippen LogP contribution in [0.3, 0.4) is 0 Å². The summed E-state index contributed by atoms with van der Waals surface area (Å²) < 4.78 is 21.3. The molecule has 1 aliphatic heterocycles. The van der Waals surface area contributed by atoms with Gasteiger partial charge in [-0.2, -0.15) is 0 Å². The number of nitrogens with one attached hydrogen (secondary N) is 1. The Morgan fingerprint density at radius 1 is 0.970 bits per heavy atom. The third kappa shape index (κ3) is 5.76. The molecule has 0 saturated carbocycles. The maximum Gasteiger partial charge on any atom is 0.254 e. The van der Waals surface area contributed by atoms with Crippen molar-refractivity contribution in [2.45, 2.75) is 12.3 Å². The van der Waals surface area contributed by atoms with Crippen LogP contribution in [0.25, 0.3) is 0 Å². The van der Waals surface area contributed by atoms with Crippen LogP contribution in [0, 0.1) is 5.92 Å². The maximum atomic E-state index is 13.3. The van der Waals surface area contributed by atoms with Gasteiger partial charge in [-0.15, -0.1) is 0 Å². The van der Waals surface area contributed by atoms with E-state index in [-0.39, 0.29) is 17.7 Å². The highest BCUT2D eigenvalue weighted by atomic mass is 16.5. The van der Waals surface area contributed by atoms with Crippen molar-refractivity contribution in [1.29, 1.82) is 0 Å². The number of carbonyl (C=O) groups excluding carboxylic acids is 2. The Hall–Kier alpha value is -3.26. The minimum atomic E-state index is -0.428. The third-order valence-electron chi connectivity index (χ3n) is 5.92. The lowest BCUT2D eigenvalue weighted by atomic mass is 9.87. The number of methoxy groups -OCH3 is 4. The SMILES string of the molecule is COCCCNC(=O)C1CN(C(=O)c2cccc(OC)c2)CC1c1cc(OC)ccc1OC. The molecule has 2 aromatic carbocycles. The lowest BCUT2D eigenvalue weighted by Gasteiger charge is -2.21. The van der Waals surface area contributed by atoms with Gasteiger partial charge in [0.1, 0.15) is 17.2 Å². The average molecular weight is 457 g/mol. The van der Waals surface area contributed by atoms with Crippen molar-refractivity contribution < 1.29 is 28.5 Å². The summed E-state index contributed by atoms with van der Waals surface area (Å²) in [5.74, 6) is 1.03. The van der Waals surface area contributed by atoms with Crippen molar-refractivity contribution >= 4 is 11.8 Å². The number of rotatable bonds is 10. The summed E-state index contributed by atoms with van der Waals surface area (Å²) in [5.41, 5.74) is 1.36. The second-order valence-electron chi connectivity index (χ2n) is 7.90. The van der Waals surface area contributed by atoms with Gasteiger partial charge in [0.2, 0.25) is 5.91 Å². The molecule has 1 heterocycles. The summed E-state index contributed by atoms with van der Waals surface area (Å²) >= 11 is 0. The van der Waals surface area contributed by atoms with Gasteiger partial charge < -0.3 is 29.2 Å². The Morgan fingerprint density at radius 3 is 2.42 bits per heavy atom. The summed E-state index contributed by atoms with van der Waals surface area (Å²) in [7, 11) is 6.39. The minimum Gasteiger partial charge on any atom is -0.497 e. The van der Waals surface area contributed by atoms with Crippen molar-refractivity contribution in [2.24, 2.45) is 5.92 Å². The first kappa shape index (κ1) is 24.4. The van der Waals surface area contributed by atoms with Crippen LogP contribution < -0.4 is 19.5 Å². The monoisotopic (exact) mass is 456 g/mol. The highest BCUT2D eigenvalue weighted by Gasteiger charge is 2.42. The zero-order valence-corrected chi connectivity index (χ0v) is 19.6. The lowest BCUT2D eigenvalue weighted by Crippen LogP contribution is -2.36. The van der Waals surface area contributed by atoms with Gasteiger partial charge in [-0.05, 0) is 42.8 Å². The predicted molar refractivity (Wildman–Crippen MR) is 124 cm³/mol. The smallest absolute Gasteiger partial charge is 0.254 e. The van der Waals surface area contributed by atoms with Crippen molar-refractivity contribution in [2.75, 3.05) is 54.7 Å². The van der Waals surface area contributed by atoms with Crippen LogP contribution in [0.4, 0.5) is 0 Å². The molecule has 2 amide bonds. The molecule has 1 saturated heterocycles. The van der Waals surface area contributed by atoms with Gasteiger partial charge >= 0.3 is 0 Å². The van der Waals surface area contributed by atoms with Crippen LogP contribution in [0.2, 0.25) is 0 Å². The molecule has 1 aliphatic rings. The van der Waals surface area contributed by atoms with Crippen molar-refractivity contribution in [1.82, 2.24) is 10.2 Å². The maximum absolute atomic E-state index is 13.3. The van der Waals surface area contributed by atoms with E-state index in [4.69, 9.17) is 18.9 Å². The Morgan fingerprint density at radius 2 is 1.73 bits per heavy atom. The van der Waals surface area contributed by atoms with E-state index in [0.29, 0.717) is 55.5 Å². The highest BCUT2D eigenvalue weighted by Crippen LogP contribution is 2.40. The van der Waals surface area contributed by atoms with E-state index in [0.717, 1.165) is 5.56 Å². The molecule has 0 aromatic heterocycles.